The highest BCUT2D eigenvalue weighted by Gasteiger charge is 2.19. The molecule has 0 aliphatic heterocycles. The largest absolute Gasteiger partial charge is 0.508 e. The van der Waals surface area contributed by atoms with E-state index >= 15 is 0 Å². The van der Waals surface area contributed by atoms with Crippen LogP contribution in [0.15, 0.2) is 48.5 Å². The molecule has 30 heavy (non-hydrogen) atoms. The molecule has 3 aromatic rings. The molecular formula is C25H29N3O2. The minimum absolute atomic E-state index is 0.244. The quantitative estimate of drug-likeness (QED) is 0.537. The van der Waals surface area contributed by atoms with Gasteiger partial charge < -0.3 is 10.8 Å². The van der Waals surface area contributed by atoms with Crippen LogP contribution in [0.2, 0.25) is 0 Å². The number of nitrogens with zero attached hydrogens (tertiary/aromatic N) is 1. The SMILES string of the molecule is NC(=O)c1c(CCc2ccc(O)cc2)n[nH]c1Cc1ccc(C2CCCCC2)cc1. The summed E-state index contributed by atoms with van der Waals surface area (Å²) in [5.74, 6) is 0.485. The van der Waals surface area contributed by atoms with Crippen LogP contribution in [-0.2, 0) is 19.3 Å². The van der Waals surface area contributed by atoms with Crippen molar-refractivity contribution in [2.75, 3.05) is 0 Å². The number of nitrogens with two attached hydrogens (primary N) is 1. The van der Waals surface area contributed by atoms with Crippen molar-refractivity contribution in [1.29, 1.82) is 0 Å². The van der Waals surface area contributed by atoms with Crippen molar-refractivity contribution in [3.05, 3.63) is 82.2 Å². The first-order chi connectivity index (χ1) is 14.6. The van der Waals surface area contributed by atoms with Gasteiger partial charge >= 0.3 is 0 Å². The van der Waals surface area contributed by atoms with E-state index in [-0.39, 0.29) is 5.75 Å². The Morgan fingerprint density at radius 2 is 1.63 bits per heavy atom. The molecule has 0 spiro atoms. The molecule has 1 saturated carbocycles. The van der Waals surface area contributed by atoms with E-state index in [4.69, 9.17) is 5.73 Å². The van der Waals surface area contributed by atoms with Gasteiger partial charge in [0.15, 0.2) is 0 Å². The van der Waals surface area contributed by atoms with Crippen LogP contribution in [0, 0.1) is 0 Å². The highest BCUT2D eigenvalue weighted by atomic mass is 16.3. The Morgan fingerprint density at radius 1 is 0.967 bits per heavy atom. The topological polar surface area (TPSA) is 92.0 Å². The molecule has 156 valence electrons. The number of H-pyrrole nitrogens is 1. The molecule has 0 radical (unpaired) electrons. The summed E-state index contributed by atoms with van der Waals surface area (Å²) in [7, 11) is 0. The van der Waals surface area contributed by atoms with Gasteiger partial charge in [0.1, 0.15) is 5.75 Å². The highest BCUT2D eigenvalue weighted by molar-refractivity contribution is 5.95. The third-order valence-electron chi connectivity index (χ3n) is 6.19. The average Bonchev–Trinajstić information content (AvgIpc) is 3.17. The first kappa shape index (κ1) is 20.2. The summed E-state index contributed by atoms with van der Waals surface area (Å²) >= 11 is 0. The van der Waals surface area contributed by atoms with E-state index in [9.17, 15) is 9.90 Å². The maximum Gasteiger partial charge on any atom is 0.252 e. The van der Waals surface area contributed by atoms with E-state index in [2.05, 4.69) is 34.5 Å². The van der Waals surface area contributed by atoms with Gasteiger partial charge in [0.25, 0.3) is 5.91 Å². The van der Waals surface area contributed by atoms with Crippen molar-refractivity contribution in [2.24, 2.45) is 5.73 Å². The number of carbonyl (C=O) groups is 1. The van der Waals surface area contributed by atoms with Crippen molar-refractivity contribution in [1.82, 2.24) is 10.2 Å². The zero-order chi connectivity index (χ0) is 20.9. The van der Waals surface area contributed by atoms with Gasteiger partial charge in [0.2, 0.25) is 0 Å². The summed E-state index contributed by atoms with van der Waals surface area (Å²) in [5.41, 5.74) is 11.3. The monoisotopic (exact) mass is 403 g/mol. The number of aryl methyl sites for hydroxylation is 2. The molecule has 1 aliphatic rings. The van der Waals surface area contributed by atoms with E-state index in [1.165, 1.54) is 37.7 Å². The van der Waals surface area contributed by atoms with Crippen LogP contribution in [-0.4, -0.2) is 21.2 Å². The molecule has 1 aliphatic carbocycles. The summed E-state index contributed by atoms with van der Waals surface area (Å²) in [4.78, 5) is 12.1. The Labute approximate surface area is 177 Å². The fourth-order valence-corrected chi connectivity index (χ4v) is 4.49. The molecule has 4 N–H and O–H groups in total. The first-order valence-corrected chi connectivity index (χ1v) is 10.8. The zero-order valence-corrected chi connectivity index (χ0v) is 17.2. The standard InChI is InChI=1S/C25H29N3O2/c26-25(30)24-22(15-10-17-8-13-21(29)14-9-17)27-28-23(24)16-18-6-11-20(12-7-18)19-4-2-1-3-5-19/h6-9,11-14,19,29H,1-5,10,15-16H2,(H2,26,30)(H,27,28). The van der Waals surface area contributed by atoms with Gasteiger partial charge in [-0.15, -0.1) is 0 Å². The predicted octanol–water partition coefficient (Wildman–Crippen LogP) is 4.64. The van der Waals surface area contributed by atoms with Gasteiger partial charge in [0.05, 0.1) is 17.0 Å². The predicted molar refractivity (Wildman–Crippen MR) is 118 cm³/mol. The highest BCUT2D eigenvalue weighted by Crippen LogP contribution is 2.32. The number of aromatic hydroxyl groups is 1. The lowest BCUT2D eigenvalue weighted by Gasteiger charge is -2.22. The number of hydrogen-bond acceptors (Lipinski definition) is 3. The number of aromatic amines is 1. The van der Waals surface area contributed by atoms with E-state index < -0.39 is 5.91 Å². The second kappa shape index (κ2) is 9.16. The second-order valence-electron chi connectivity index (χ2n) is 8.31. The lowest BCUT2D eigenvalue weighted by atomic mass is 9.84. The van der Waals surface area contributed by atoms with Crippen LogP contribution in [0.4, 0.5) is 0 Å². The lowest BCUT2D eigenvalue weighted by Crippen LogP contribution is -2.15. The number of amides is 1. The fraction of sp³-hybridized carbons (Fsp3) is 0.360. The van der Waals surface area contributed by atoms with Crippen LogP contribution >= 0.6 is 0 Å². The summed E-state index contributed by atoms with van der Waals surface area (Å²) in [6, 6.07) is 15.9. The number of primary amides is 1. The van der Waals surface area contributed by atoms with Crippen molar-refractivity contribution in [2.45, 2.75) is 57.3 Å². The van der Waals surface area contributed by atoms with Crippen LogP contribution in [0.25, 0.3) is 0 Å². The molecule has 1 fully saturated rings. The minimum Gasteiger partial charge on any atom is -0.508 e. The first-order valence-electron chi connectivity index (χ1n) is 10.8. The third kappa shape index (κ3) is 4.73. The molecule has 0 unspecified atom stereocenters. The third-order valence-corrected chi connectivity index (χ3v) is 6.19. The summed E-state index contributed by atoms with van der Waals surface area (Å²) in [6.07, 6.45) is 8.53. The smallest absolute Gasteiger partial charge is 0.252 e. The number of phenolic OH excluding ortho intramolecular Hbond substituents is 1. The number of phenols is 1. The minimum atomic E-state index is -0.446. The van der Waals surface area contributed by atoms with Crippen molar-refractivity contribution >= 4 is 5.91 Å². The van der Waals surface area contributed by atoms with Gasteiger partial charge in [0, 0.05) is 6.42 Å². The van der Waals surface area contributed by atoms with Crippen LogP contribution in [0.3, 0.4) is 0 Å². The molecule has 5 nitrogen and oxygen atoms in total. The number of benzene rings is 2. The Morgan fingerprint density at radius 3 is 2.30 bits per heavy atom. The summed E-state index contributed by atoms with van der Waals surface area (Å²) in [5, 5.41) is 16.8. The lowest BCUT2D eigenvalue weighted by molar-refractivity contribution is 0.0998. The van der Waals surface area contributed by atoms with Crippen LogP contribution in [0.1, 0.15) is 76.5 Å². The van der Waals surface area contributed by atoms with E-state index in [0.717, 1.165) is 23.2 Å². The Balaban J connectivity index is 1.46. The normalized spacial score (nSPS) is 14.7. The maximum absolute atomic E-state index is 12.1. The fourth-order valence-electron chi connectivity index (χ4n) is 4.49. The van der Waals surface area contributed by atoms with Crippen molar-refractivity contribution in [3.8, 4) is 5.75 Å². The van der Waals surface area contributed by atoms with Crippen LogP contribution in [0.5, 0.6) is 5.75 Å². The number of rotatable bonds is 7. The number of carbonyl (C=O) groups excluding carboxylic acids is 1. The van der Waals surface area contributed by atoms with Gasteiger partial charge in [-0.2, -0.15) is 5.10 Å². The molecule has 0 atom stereocenters. The average molecular weight is 404 g/mol. The molecular weight excluding hydrogens is 374 g/mol. The van der Waals surface area contributed by atoms with E-state index in [0.29, 0.717) is 30.0 Å². The molecule has 5 heteroatoms. The molecule has 1 heterocycles. The Hall–Kier alpha value is -3.08. The van der Waals surface area contributed by atoms with Gasteiger partial charge in [-0.1, -0.05) is 55.7 Å². The molecule has 1 aromatic heterocycles. The molecule has 2 aromatic carbocycles. The number of nitrogens with one attached hydrogen (secondary N) is 1. The number of hydrogen-bond donors (Lipinski definition) is 3. The Kier molecular flexibility index (Phi) is 6.17. The van der Waals surface area contributed by atoms with E-state index in [1.807, 2.05) is 12.1 Å². The van der Waals surface area contributed by atoms with Crippen molar-refractivity contribution in [3.63, 3.8) is 0 Å². The van der Waals surface area contributed by atoms with Gasteiger partial charge in [-0.25, -0.2) is 0 Å². The molecule has 4 rings (SSSR count). The van der Waals surface area contributed by atoms with Gasteiger partial charge in [-0.3, -0.25) is 9.89 Å². The molecule has 0 saturated heterocycles. The van der Waals surface area contributed by atoms with Gasteiger partial charge in [-0.05, 0) is 60.4 Å². The van der Waals surface area contributed by atoms with E-state index in [1.54, 1.807) is 12.1 Å². The van der Waals surface area contributed by atoms with Crippen molar-refractivity contribution < 1.29 is 9.90 Å². The Bertz CT molecular complexity index is 984. The maximum atomic E-state index is 12.1. The van der Waals surface area contributed by atoms with Crippen LogP contribution < -0.4 is 5.73 Å². The zero-order valence-electron chi connectivity index (χ0n) is 17.2. The summed E-state index contributed by atoms with van der Waals surface area (Å²) < 4.78 is 0. The summed E-state index contributed by atoms with van der Waals surface area (Å²) in [6.45, 7) is 0. The molecule has 0 bridgehead atoms. The number of aromatic nitrogens is 2. The second-order valence-corrected chi connectivity index (χ2v) is 8.31. The molecule has 1 amide bonds.